The van der Waals surface area contributed by atoms with Gasteiger partial charge in [-0.15, -0.1) is 0 Å². The van der Waals surface area contributed by atoms with Gasteiger partial charge >= 0.3 is 12.1 Å². The predicted molar refractivity (Wildman–Crippen MR) is 55.1 cm³/mol. The summed E-state index contributed by atoms with van der Waals surface area (Å²) in [6.45, 7) is -0.503. The van der Waals surface area contributed by atoms with Gasteiger partial charge in [-0.05, 0) is 6.07 Å². The van der Waals surface area contributed by atoms with E-state index in [0.29, 0.717) is 0 Å². The van der Waals surface area contributed by atoms with E-state index in [4.69, 9.17) is 5.11 Å². The zero-order valence-electron chi connectivity index (χ0n) is 9.33. The van der Waals surface area contributed by atoms with Gasteiger partial charge in [0.25, 0.3) is 0 Å². The van der Waals surface area contributed by atoms with Crippen molar-refractivity contribution < 1.29 is 27.5 Å². The molecule has 0 bridgehead atoms. The summed E-state index contributed by atoms with van der Waals surface area (Å²) in [6, 6.07) is 0.943. The normalized spacial score (nSPS) is 11.4. The number of anilines is 1. The monoisotopic (exact) mass is 266 g/mol. The molecule has 0 aromatic carbocycles. The molecule has 0 aliphatic heterocycles. The molecule has 0 unspecified atom stereocenters. The van der Waals surface area contributed by atoms with E-state index in [2.05, 4.69) is 4.98 Å². The first kappa shape index (κ1) is 14.2. The molecule has 0 aliphatic carbocycles. The quantitative estimate of drug-likeness (QED) is 0.850. The molecule has 1 aromatic heterocycles. The molecule has 100 valence electrons. The zero-order chi connectivity index (χ0) is 13.9. The van der Waals surface area contributed by atoms with Crippen molar-refractivity contribution in [2.75, 3.05) is 18.5 Å². The number of pyridine rings is 1. The molecule has 0 fully saturated rings. The fourth-order valence-corrected chi connectivity index (χ4v) is 1.26. The van der Waals surface area contributed by atoms with Gasteiger partial charge in [-0.1, -0.05) is 0 Å². The summed E-state index contributed by atoms with van der Waals surface area (Å²) in [5.74, 6) is -3.06. The zero-order valence-corrected chi connectivity index (χ0v) is 9.33. The Kier molecular flexibility index (Phi) is 4.10. The van der Waals surface area contributed by atoms with Crippen molar-refractivity contribution >= 4 is 11.8 Å². The largest absolute Gasteiger partial charge is 0.478 e. The van der Waals surface area contributed by atoms with Crippen molar-refractivity contribution in [3.8, 4) is 0 Å². The molecule has 8 heteroatoms. The second-order valence-corrected chi connectivity index (χ2v) is 3.59. The molecule has 0 aliphatic rings. The highest BCUT2D eigenvalue weighted by molar-refractivity contribution is 5.88. The third-order valence-corrected chi connectivity index (χ3v) is 2.19. The lowest BCUT2D eigenvalue weighted by atomic mass is 10.2. The van der Waals surface area contributed by atoms with E-state index in [1.165, 1.54) is 7.05 Å². The maximum Gasteiger partial charge on any atom is 0.390 e. The summed E-state index contributed by atoms with van der Waals surface area (Å²) in [5.41, 5.74) is -0.626. The molecule has 1 N–H and O–H groups in total. The van der Waals surface area contributed by atoms with Crippen LogP contribution in [0.5, 0.6) is 0 Å². The maximum atomic E-state index is 13.6. The molecule has 0 spiro atoms. The van der Waals surface area contributed by atoms with Crippen LogP contribution in [0.1, 0.15) is 16.8 Å². The molecular weight excluding hydrogens is 256 g/mol. The van der Waals surface area contributed by atoms with Crippen molar-refractivity contribution in [3.63, 3.8) is 0 Å². The van der Waals surface area contributed by atoms with E-state index in [1.807, 2.05) is 0 Å². The van der Waals surface area contributed by atoms with Gasteiger partial charge in [0, 0.05) is 19.8 Å². The number of carboxylic acids is 1. The van der Waals surface area contributed by atoms with Gasteiger partial charge in [-0.2, -0.15) is 13.2 Å². The average Bonchev–Trinajstić information content (AvgIpc) is 2.24. The van der Waals surface area contributed by atoms with Crippen LogP contribution in [-0.2, 0) is 0 Å². The van der Waals surface area contributed by atoms with E-state index in [1.54, 1.807) is 0 Å². The molecular formula is C10H10F4N2O2. The summed E-state index contributed by atoms with van der Waals surface area (Å²) < 4.78 is 49.6. The SMILES string of the molecule is CN(CCC(F)(F)F)c1nccc(C(=O)O)c1F. The summed E-state index contributed by atoms with van der Waals surface area (Å²) >= 11 is 0. The lowest BCUT2D eigenvalue weighted by molar-refractivity contribution is -0.132. The molecule has 0 radical (unpaired) electrons. The molecule has 0 saturated carbocycles. The number of nitrogens with zero attached hydrogens (tertiary/aromatic N) is 2. The van der Waals surface area contributed by atoms with E-state index in [0.717, 1.165) is 17.2 Å². The molecule has 1 aromatic rings. The number of aromatic carboxylic acids is 1. The first-order chi connectivity index (χ1) is 8.22. The van der Waals surface area contributed by atoms with Crippen LogP contribution in [0.2, 0.25) is 0 Å². The van der Waals surface area contributed by atoms with Gasteiger partial charge in [0.15, 0.2) is 11.6 Å². The van der Waals surface area contributed by atoms with Crippen molar-refractivity contribution in [3.05, 3.63) is 23.6 Å². The lowest BCUT2D eigenvalue weighted by Crippen LogP contribution is -2.26. The second kappa shape index (κ2) is 5.19. The Hall–Kier alpha value is -1.86. The smallest absolute Gasteiger partial charge is 0.390 e. The number of alkyl halides is 3. The molecule has 1 heterocycles. The van der Waals surface area contributed by atoms with Crippen LogP contribution in [-0.4, -0.2) is 35.8 Å². The third-order valence-electron chi connectivity index (χ3n) is 2.19. The number of hydrogen-bond acceptors (Lipinski definition) is 3. The van der Waals surface area contributed by atoms with Gasteiger partial charge in [0.05, 0.1) is 6.42 Å². The van der Waals surface area contributed by atoms with Crippen LogP contribution in [0.3, 0.4) is 0 Å². The van der Waals surface area contributed by atoms with Crippen molar-refractivity contribution in [2.45, 2.75) is 12.6 Å². The lowest BCUT2D eigenvalue weighted by Gasteiger charge is -2.19. The molecule has 0 atom stereocenters. The van der Waals surface area contributed by atoms with E-state index < -0.39 is 42.3 Å². The Balaban J connectivity index is 2.89. The summed E-state index contributed by atoms with van der Waals surface area (Å²) in [5, 5.41) is 8.66. The minimum Gasteiger partial charge on any atom is -0.478 e. The third kappa shape index (κ3) is 3.57. The molecule has 1 rings (SSSR count). The highest BCUT2D eigenvalue weighted by atomic mass is 19.4. The minimum atomic E-state index is -4.37. The highest BCUT2D eigenvalue weighted by Crippen LogP contribution is 2.23. The first-order valence-electron chi connectivity index (χ1n) is 4.88. The average molecular weight is 266 g/mol. The second-order valence-electron chi connectivity index (χ2n) is 3.59. The van der Waals surface area contributed by atoms with Crippen molar-refractivity contribution in [1.29, 1.82) is 0 Å². The maximum absolute atomic E-state index is 13.6. The summed E-state index contributed by atoms with van der Waals surface area (Å²) in [7, 11) is 1.21. The number of carbonyl (C=O) groups is 1. The minimum absolute atomic E-state index is 0.417. The Morgan fingerprint density at radius 1 is 1.50 bits per heavy atom. The van der Waals surface area contributed by atoms with Crippen molar-refractivity contribution in [2.24, 2.45) is 0 Å². The number of hydrogen-bond donors (Lipinski definition) is 1. The Morgan fingerprint density at radius 2 is 2.11 bits per heavy atom. The van der Waals surface area contributed by atoms with E-state index in [-0.39, 0.29) is 0 Å². The predicted octanol–water partition coefficient (Wildman–Crippen LogP) is 2.31. The van der Waals surface area contributed by atoms with Crippen molar-refractivity contribution in [1.82, 2.24) is 4.98 Å². The first-order valence-corrected chi connectivity index (χ1v) is 4.88. The number of rotatable bonds is 4. The van der Waals surface area contributed by atoms with Crippen LogP contribution in [0.25, 0.3) is 0 Å². The molecule has 18 heavy (non-hydrogen) atoms. The number of carboxylic acid groups (broad SMARTS) is 1. The number of aromatic nitrogens is 1. The fraction of sp³-hybridized carbons (Fsp3) is 0.400. The van der Waals surface area contributed by atoms with Gasteiger partial charge in [-0.3, -0.25) is 0 Å². The van der Waals surface area contributed by atoms with Gasteiger partial charge in [0.1, 0.15) is 5.56 Å². The molecule has 0 amide bonds. The summed E-state index contributed by atoms with van der Waals surface area (Å²) in [6.07, 6.45) is -4.47. The van der Waals surface area contributed by atoms with Gasteiger partial charge in [-0.25, -0.2) is 14.2 Å². The van der Waals surface area contributed by atoms with Crippen LogP contribution in [0.4, 0.5) is 23.4 Å². The van der Waals surface area contributed by atoms with Gasteiger partial charge in [0.2, 0.25) is 0 Å². The topological polar surface area (TPSA) is 53.4 Å². The molecule has 4 nitrogen and oxygen atoms in total. The van der Waals surface area contributed by atoms with Crippen LogP contribution >= 0.6 is 0 Å². The highest BCUT2D eigenvalue weighted by Gasteiger charge is 2.28. The van der Waals surface area contributed by atoms with Crippen LogP contribution in [0.15, 0.2) is 12.3 Å². The Morgan fingerprint density at radius 3 is 2.61 bits per heavy atom. The van der Waals surface area contributed by atoms with Gasteiger partial charge < -0.3 is 10.0 Å². The van der Waals surface area contributed by atoms with E-state index >= 15 is 0 Å². The fourth-order valence-electron chi connectivity index (χ4n) is 1.26. The van der Waals surface area contributed by atoms with Crippen LogP contribution in [0, 0.1) is 5.82 Å². The Labute approximate surface area is 99.9 Å². The van der Waals surface area contributed by atoms with Crippen LogP contribution < -0.4 is 4.90 Å². The molecule has 0 saturated heterocycles. The number of halogens is 4. The Bertz CT molecular complexity index is 448. The van der Waals surface area contributed by atoms with E-state index in [9.17, 15) is 22.4 Å². The summed E-state index contributed by atoms with van der Waals surface area (Å²) in [4.78, 5) is 15.1. The standard InChI is InChI=1S/C10H10F4N2O2/c1-16(5-3-10(12,13)14)8-7(11)6(9(17)18)2-4-15-8/h2,4H,3,5H2,1H3,(H,17,18).